The summed E-state index contributed by atoms with van der Waals surface area (Å²) < 4.78 is 5.84. The summed E-state index contributed by atoms with van der Waals surface area (Å²) in [7, 11) is 0. The average Bonchev–Trinajstić information content (AvgIpc) is 3.23. The third kappa shape index (κ3) is 5.71. The second kappa shape index (κ2) is 9.46. The molecule has 2 N–H and O–H groups in total. The van der Waals surface area contributed by atoms with Crippen LogP contribution in [0, 0.1) is 5.41 Å². The normalized spacial score (nSPS) is 19.8. The molecule has 1 aromatic heterocycles. The number of hydrogen-bond acceptors (Lipinski definition) is 5. The minimum atomic E-state index is 0.00289. The number of allylic oxidation sites excluding steroid dienone is 1. The molecule has 0 aromatic carbocycles. The van der Waals surface area contributed by atoms with E-state index in [0.717, 1.165) is 48.7 Å². The topological polar surface area (TPSA) is 50.1 Å². The fraction of sp³-hybridized carbons (Fsp3) is 0.625. The van der Waals surface area contributed by atoms with E-state index < -0.39 is 0 Å². The summed E-state index contributed by atoms with van der Waals surface area (Å²) in [5, 5.41) is 12.0. The highest BCUT2D eigenvalue weighted by molar-refractivity contribution is 8.00. The molecule has 1 heterocycles. The van der Waals surface area contributed by atoms with Gasteiger partial charge < -0.3 is 15.2 Å². The zero-order valence-corrected chi connectivity index (χ0v) is 19.2. The predicted octanol–water partition coefficient (Wildman–Crippen LogP) is 6.07. The van der Waals surface area contributed by atoms with Gasteiger partial charge >= 0.3 is 0 Å². The van der Waals surface area contributed by atoms with Gasteiger partial charge in [0.05, 0.1) is 22.3 Å². The summed E-state index contributed by atoms with van der Waals surface area (Å²) in [5.41, 5.74) is 4.22. The lowest BCUT2D eigenvalue weighted by molar-refractivity contribution is 0.367. The van der Waals surface area contributed by atoms with E-state index >= 15 is 0 Å². The maximum Gasteiger partial charge on any atom is 0.195 e. The fourth-order valence-electron chi connectivity index (χ4n) is 3.80. The smallest absolute Gasteiger partial charge is 0.195 e. The van der Waals surface area contributed by atoms with Gasteiger partial charge in [-0.25, -0.2) is 0 Å². The minimum absolute atomic E-state index is 0.00289. The van der Waals surface area contributed by atoms with Gasteiger partial charge in [0.25, 0.3) is 0 Å². The third-order valence-electron chi connectivity index (χ3n) is 6.17. The van der Waals surface area contributed by atoms with Crippen molar-refractivity contribution in [2.75, 3.05) is 6.54 Å². The molecule has 0 bridgehead atoms. The molecule has 29 heavy (non-hydrogen) atoms. The number of aromatic nitrogens is 1. The molecule has 5 heteroatoms. The average molecular weight is 416 g/mol. The lowest BCUT2D eigenvalue weighted by Crippen LogP contribution is -2.26. The molecule has 2 saturated carbocycles. The maximum absolute atomic E-state index is 5.84. The minimum Gasteiger partial charge on any atom is -0.389 e. The van der Waals surface area contributed by atoms with E-state index in [9.17, 15) is 0 Å². The number of rotatable bonds is 11. The molecule has 3 rings (SSSR count). The SMILES string of the molecule is C=C(NC1CC1=C)c1onc(CCC(C)(C)C(=C)NCC)c1SC1CCCCC1. The molecular formula is C24H37N3OS. The number of nitrogens with zero attached hydrogens (tertiary/aromatic N) is 1. The molecule has 0 radical (unpaired) electrons. The van der Waals surface area contributed by atoms with Crippen LogP contribution in [0.4, 0.5) is 0 Å². The molecular weight excluding hydrogens is 378 g/mol. The van der Waals surface area contributed by atoms with Crippen LogP contribution in [0.15, 0.2) is 40.4 Å². The standard InChI is InChI=1S/C24H37N3OS/c1-7-25-18(4)24(5,6)14-13-20-23(29-19-11-9-8-10-12-19)22(28-27-20)17(3)26-21-15-16(21)2/h19,21,25-26H,2-4,7-15H2,1,5-6H3. The lowest BCUT2D eigenvalue weighted by atomic mass is 9.84. The monoisotopic (exact) mass is 415 g/mol. The van der Waals surface area contributed by atoms with Crippen molar-refractivity contribution >= 4 is 17.5 Å². The van der Waals surface area contributed by atoms with Crippen LogP contribution >= 0.6 is 11.8 Å². The van der Waals surface area contributed by atoms with E-state index in [2.05, 4.69) is 56.3 Å². The molecule has 1 atom stereocenters. The van der Waals surface area contributed by atoms with E-state index in [1.165, 1.54) is 42.6 Å². The molecule has 4 nitrogen and oxygen atoms in total. The van der Waals surface area contributed by atoms with Gasteiger partial charge in [-0.15, -0.1) is 11.8 Å². The largest absolute Gasteiger partial charge is 0.389 e. The van der Waals surface area contributed by atoms with Gasteiger partial charge in [-0.3, -0.25) is 0 Å². The molecule has 2 aliphatic carbocycles. The Morgan fingerprint density at radius 1 is 1.24 bits per heavy atom. The van der Waals surface area contributed by atoms with Crippen LogP contribution in [0.5, 0.6) is 0 Å². The number of aryl methyl sites for hydroxylation is 1. The number of thioether (sulfide) groups is 1. The Bertz CT molecular complexity index is 758. The van der Waals surface area contributed by atoms with E-state index in [0.29, 0.717) is 11.3 Å². The first-order valence-corrected chi connectivity index (χ1v) is 11.9. The van der Waals surface area contributed by atoms with Crippen molar-refractivity contribution in [2.45, 2.75) is 88.3 Å². The van der Waals surface area contributed by atoms with Gasteiger partial charge in [0.1, 0.15) is 0 Å². The Labute approximate surface area is 180 Å². The zero-order valence-electron chi connectivity index (χ0n) is 18.4. The predicted molar refractivity (Wildman–Crippen MR) is 124 cm³/mol. The molecule has 0 spiro atoms. The van der Waals surface area contributed by atoms with Crippen molar-refractivity contribution in [1.29, 1.82) is 0 Å². The van der Waals surface area contributed by atoms with Crippen LogP contribution < -0.4 is 10.6 Å². The van der Waals surface area contributed by atoms with Gasteiger partial charge in [0.15, 0.2) is 5.76 Å². The second-order valence-electron chi connectivity index (χ2n) is 9.10. The molecule has 2 fully saturated rings. The molecule has 2 aliphatic rings. The van der Waals surface area contributed by atoms with Crippen LogP contribution in [0.2, 0.25) is 0 Å². The van der Waals surface area contributed by atoms with Gasteiger partial charge in [0.2, 0.25) is 0 Å². The van der Waals surface area contributed by atoms with E-state index in [1.807, 2.05) is 11.8 Å². The molecule has 0 amide bonds. The number of hydrogen-bond donors (Lipinski definition) is 2. The Kier molecular flexibility index (Phi) is 7.20. The van der Waals surface area contributed by atoms with Crippen LogP contribution in [0.25, 0.3) is 5.70 Å². The summed E-state index contributed by atoms with van der Waals surface area (Å²) in [4.78, 5) is 1.19. The summed E-state index contributed by atoms with van der Waals surface area (Å²) >= 11 is 1.95. The van der Waals surface area contributed by atoms with Gasteiger partial charge in [0, 0.05) is 22.9 Å². The summed E-state index contributed by atoms with van der Waals surface area (Å²) in [5.74, 6) is 0.818. The third-order valence-corrected chi connectivity index (χ3v) is 7.63. The zero-order chi connectivity index (χ0) is 21.0. The van der Waals surface area contributed by atoms with Crippen LogP contribution in [-0.2, 0) is 6.42 Å². The van der Waals surface area contributed by atoms with E-state index in [4.69, 9.17) is 4.52 Å². The first-order chi connectivity index (χ1) is 13.8. The van der Waals surface area contributed by atoms with Crippen molar-refractivity contribution in [3.8, 4) is 0 Å². The van der Waals surface area contributed by atoms with Crippen LogP contribution in [0.3, 0.4) is 0 Å². The highest BCUT2D eigenvalue weighted by Crippen LogP contribution is 2.41. The van der Waals surface area contributed by atoms with Gasteiger partial charge in [-0.05, 0) is 39.0 Å². The molecule has 1 unspecified atom stereocenters. The van der Waals surface area contributed by atoms with Crippen molar-refractivity contribution in [3.63, 3.8) is 0 Å². The molecule has 0 aliphatic heterocycles. The Morgan fingerprint density at radius 2 is 1.93 bits per heavy atom. The van der Waals surface area contributed by atoms with Crippen LogP contribution in [-0.4, -0.2) is 23.0 Å². The van der Waals surface area contributed by atoms with Crippen molar-refractivity contribution in [2.24, 2.45) is 5.41 Å². The van der Waals surface area contributed by atoms with E-state index in [1.54, 1.807) is 0 Å². The Hall–Kier alpha value is -1.62. The first kappa shape index (κ1) is 22.1. The van der Waals surface area contributed by atoms with Crippen molar-refractivity contribution in [1.82, 2.24) is 15.8 Å². The van der Waals surface area contributed by atoms with Crippen molar-refractivity contribution in [3.05, 3.63) is 42.5 Å². The van der Waals surface area contributed by atoms with E-state index in [-0.39, 0.29) is 5.41 Å². The highest BCUT2D eigenvalue weighted by Gasteiger charge is 2.31. The summed E-state index contributed by atoms with van der Waals surface area (Å²) in [6.45, 7) is 20.0. The van der Waals surface area contributed by atoms with Gasteiger partial charge in [-0.1, -0.05) is 63.6 Å². The fourth-order valence-corrected chi connectivity index (χ4v) is 5.25. The summed E-state index contributed by atoms with van der Waals surface area (Å²) in [6, 6.07) is 0.339. The van der Waals surface area contributed by atoms with Crippen molar-refractivity contribution < 1.29 is 4.52 Å². The lowest BCUT2D eigenvalue weighted by Gasteiger charge is -2.28. The molecule has 1 aromatic rings. The second-order valence-corrected chi connectivity index (χ2v) is 10.4. The Morgan fingerprint density at radius 3 is 2.55 bits per heavy atom. The summed E-state index contributed by atoms with van der Waals surface area (Å²) in [6.07, 6.45) is 9.43. The number of nitrogens with one attached hydrogen (secondary N) is 2. The maximum atomic E-state index is 5.84. The van der Waals surface area contributed by atoms with Gasteiger partial charge in [-0.2, -0.15) is 0 Å². The highest BCUT2D eigenvalue weighted by atomic mass is 32.2. The quantitative estimate of drug-likeness (QED) is 0.430. The Balaban J connectivity index is 1.75. The molecule has 160 valence electrons. The van der Waals surface area contributed by atoms with Crippen LogP contribution in [0.1, 0.15) is 77.2 Å². The first-order valence-electron chi connectivity index (χ1n) is 11.0. The molecule has 0 saturated heterocycles.